The van der Waals surface area contributed by atoms with E-state index in [-0.39, 0.29) is 12.5 Å². The van der Waals surface area contributed by atoms with Crippen molar-refractivity contribution in [2.24, 2.45) is 11.8 Å². The van der Waals surface area contributed by atoms with E-state index in [9.17, 15) is 9.90 Å². The van der Waals surface area contributed by atoms with Gasteiger partial charge in [0.15, 0.2) is 0 Å². The van der Waals surface area contributed by atoms with Crippen LogP contribution in [0.1, 0.15) is 29.0 Å². The van der Waals surface area contributed by atoms with Crippen molar-refractivity contribution in [3.05, 3.63) is 23.7 Å². The van der Waals surface area contributed by atoms with Crippen LogP contribution in [0.25, 0.3) is 0 Å². The van der Waals surface area contributed by atoms with E-state index >= 15 is 0 Å². The number of nitrogen functional groups attached to an aromatic ring is 1. The van der Waals surface area contributed by atoms with E-state index in [0.29, 0.717) is 23.8 Å². The largest absolute Gasteiger partial charge is 0.467 e. The normalized spacial score (nSPS) is 20.9. The zero-order valence-corrected chi connectivity index (χ0v) is 10.3. The lowest BCUT2D eigenvalue weighted by atomic mass is 9.99. The van der Waals surface area contributed by atoms with E-state index in [1.54, 1.807) is 6.07 Å². The number of carbonyl (C=O) groups excluding carboxylic acids is 1. The topological polar surface area (TPSA) is 91.7 Å². The molecule has 1 aromatic heterocycles. The van der Waals surface area contributed by atoms with Crippen LogP contribution in [-0.2, 0) is 6.54 Å². The first-order valence-corrected chi connectivity index (χ1v) is 6.15. The Hall–Kier alpha value is -1.37. The molecule has 0 saturated carbocycles. The summed E-state index contributed by atoms with van der Waals surface area (Å²) in [6.07, 6.45) is 3.61. The van der Waals surface area contributed by atoms with Crippen molar-refractivity contribution in [3.63, 3.8) is 0 Å². The number of nitrogens with two attached hydrogens (primary N) is 1. The summed E-state index contributed by atoms with van der Waals surface area (Å²) >= 11 is 0. The van der Waals surface area contributed by atoms with Crippen molar-refractivity contribution in [1.29, 1.82) is 0 Å². The zero-order chi connectivity index (χ0) is 13.0. The maximum atomic E-state index is 11.5. The SMILES string of the molecule is NNC(=O)c1ccoc1CN1CCCC(CO)C1. The van der Waals surface area contributed by atoms with E-state index in [4.69, 9.17) is 10.3 Å². The molecule has 1 fully saturated rings. The highest BCUT2D eigenvalue weighted by Gasteiger charge is 2.22. The number of likely N-dealkylation sites (tertiary alicyclic amines) is 1. The van der Waals surface area contributed by atoms with Gasteiger partial charge in [-0.05, 0) is 31.4 Å². The number of piperidine rings is 1. The molecular weight excluding hydrogens is 234 g/mol. The van der Waals surface area contributed by atoms with E-state index in [1.165, 1.54) is 6.26 Å². The Morgan fingerprint density at radius 1 is 1.67 bits per heavy atom. The van der Waals surface area contributed by atoms with Gasteiger partial charge in [0.1, 0.15) is 5.76 Å². The first kappa shape index (κ1) is 13.1. The molecule has 6 heteroatoms. The summed E-state index contributed by atoms with van der Waals surface area (Å²) in [6, 6.07) is 1.62. The fourth-order valence-corrected chi connectivity index (χ4v) is 2.39. The first-order chi connectivity index (χ1) is 8.74. The minimum absolute atomic E-state index is 0.213. The molecule has 100 valence electrons. The second kappa shape index (κ2) is 5.99. The number of rotatable bonds is 4. The maximum Gasteiger partial charge on any atom is 0.268 e. The van der Waals surface area contributed by atoms with Crippen LogP contribution in [0.4, 0.5) is 0 Å². The molecule has 2 rings (SSSR count). The second-order valence-electron chi connectivity index (χ2n) is 4.66. The monoisotopic (exact) mass is 253 g/mol. The molecule has 4 N–H and O–H groups in total. The average molecular weight is 253 g/mol. The van der Waals surface area contributed by atoms with Crippen LogP contribution >= 0.6 is 0 Å². The molecule has 0 spiro atoms. The molecule has 1 aliphatic rings. The minimum atomic E-state index is -0.338. The molecule has 1 unspecified atom stereocenters. The van der Waals surface area contributed by atoms with Gasteiger partial charge in [0.25, 0.3) is 5.91 Å². The lowest BCUT2D eigenvalue weighted by Crippen LogP contribution is -2.37. The Bertz CT molecular complexity index is 405. The predicted molar refractivity (Wildman–Crippen MR) is 65.4 cm³/mol. The van der Waals surface area contributed by atoms with E-state index in [2.05, 4.69) is 10.3 Å². The fourth-order valence-electron chi connectivity index (χ4n) is 2.39. The quantitative estimate of drug-likeness (QED) is 0.402. The molecule has 0 bridgehead atoms. The van der Waals surface area contributed by atoms with Gasteiger partial charge >= 0.3 is 0 Å². The molecule has 0 radical (unpaired) electrons. The summed E-state index contributed by atoms with van der Waals surface area (Å²) in [7, 11) is 0. The van der Waals surface area contributed by atoms with Gasteiger partial charge in [-0.15, -0.1) is 0 Å². The number of carbonyl (C=O) groups is 1. The highest BCUT2D eigenvalue weighted by molar-refractivity contribution is 5.94. The molecule has 2 heterocycles. The van der Waals surface area contributed by atoms with E-state index in [1.807, 2.05) is 0 Å². The molecule has 0 aromatic carbocycles. The third-order valence-corrected chi connectivity index (χ3v) is 3.35. The Morgan fingerprint density at radius 2 is 2.50 bits per heavy atom. The number of nitrogens with one attached hydrogen (secondary N) is 1. The molecule has 1 saturated heterocycles. The summed E-state index contributed by atoms with van der Waals surface area (Å²) in [5.41, 5.74) is 2.58. The van der Waals surface area contributed by atoms with Crippen molar-refractivity contribution in [3.8, 4) is 0 Å². The van der Waals surface area contributed by atoms with Crippen molar-refractivity contribution in [1.82, 2.24) is 10.3 Å². The van der Waals surface area contributed by atoms with Crippen LogP contribution in [0.5, 0.6) is 0 Å². The van der Waals surface area contributed by atoms with Crippen LogP contribution in [-0.4, -0.2) is 35.6 Å². The molecule has 0 aliphatic carbocycles. The fraction of sp³-hybridized carbons (Fsp3) is 0.583. The summed E-state index contributed by atoms with van der Waals surface area (Å²) in [6.45, 7) is 2.58. The van der Waals surface area contributed by atoms with Crippen LogP contribution in [0.15, 0.2) is 16.7 Å². The summed E-state index contributed by atoms with van der Waals surface area (Å²) in [4.78, 5) is 13.7. The van der Waals surface area contributed by atoms with Gasteiger partial charge in [0.2, 0.25) is 0 Å². The van der Waals surface area contributed by atoms with Gasteiger partial charge < -0.3 is 9.52 Å². The van der Waals surface area contributed by atoms with Crippen LogP contribution < -0.4 is 11.3 Å². The summed E-state index contributed by atoms with van der Waals surface area (Å²) in [5, 5.41) is 9.19. The molecule has 18 heavy (non-hydrogen) atoms. The third kappa shape index (κ3) is 2.90. The number of hydrazine groups is 1. The number of aliphatic hydroxyl groups is 1. The molecule has 1 aromatic rings. The first-order valence-electron chi connectivity index (χ1n) is 6.15. The van der Waals surface area contributed by atoms with Crippen LogP contribution in [0.2, 0.25) is 0 Å². The number of hydrogen-bond donors (Lipinski definition) is 3. The van der Waals surface area contributed by atoms with Gasteiger partial charge in [-0.2, -0.15) is 0 Å². The Labute approximate surface area is 106 Å². The van der Waals surface area contributed by atoms with Crippen molar-refractivity contribution < 1.29 is 14.3 Å². The smallest absolute Gasteiger partial charge is 0.268 e. The molecule has 1 aliphatic heterocycles. The predicted octanol–water partition coefficient (Wildman–Crippen LogP) is 0.0874. The molecule has 1 atom stereocenters. The van der Waals surface area contributed by atoms with Crippen LogP contribution in [0.3, 0.4) is 0 Å². The number of furan rings is 1. The Balaban J connectivity index is 2.00. The van der Waals surface area contributed by atoms with Crippen molar-refractivity contribution >= 4 is 5.91 Å². The van der Waals surface area contributed by atoms with E-state index < -0.39 is 0 Å². The maximum absolute atomic E-state index is 11.5. The Kier molecular flexibility index (Phi) is 4.35. The molecular formula is C12H19N3O3. The second-order valence-corrected chi connectivity index (χ2v) is 4.66. The van der Waals surface area contributed by atoms with E-state index in [0.717, 1.165) is 25.9 Å². The van der Waals surface area contributed by atoms with Crippen LogP contribution in [0, 0.1) is 5.92 Å². The lowest BCUT2D eigenvalue weighted by Gasteiger charge is -2.31. The number of nitrogens with zero attached hydrogens (tertiary/aromatic N) is 1. The third-order valence-electron chi connectivity index (χ3n) is 3.35. The highest BCUT2D eigenvalue weighted by atomic mass is 16.3. The zero-order valence-electron chi connectivity index (χ0n) is 10.3. The number of hydrogen-bond acceptors (Lipinski definition) is 5. The highest BCUT2D eigenvalue weighted by Crippen LogP contribution is 2.20. The van der Waals surface area contributed by atoms with Gasteiger partial charge in [-0.25, -0.2) is 5.84 Å². The van der Waals surface area contributed by atoms with Gasteiger partial charge in [0, 0.05) is 13.2 Å². The lowest BCUT2D eigenvalue weighted by molar-refractivity contribution is 0.0940. The molecule has 1 amide bonds. The average Bonchev–Trinajstić information content (AvgIpc) is 2.86. The van der Waals surface area contributed by atoms with Gasteiger partial charge in [-0.3, -0.25) is 15.1 Å². The summed E-state index contributed by atoms with van der Waals surface area (Å²) < 4.78 is 5.34. The minimum Gasteiger partial charge on any atom is -0.467 e. The number of amides is 1. The number of aliphatic hydroxyl groups excluding tert-OH is 1. The summed E-state index contributed by atoms with van der Waals surface area (Å²) in [5.74, 6) is 5.72. The van der Waals surface area contributed by atoms with Gasteiger partial charge in [0.05, 0.1) is 18.4 Å². The van der Waals surface area contributed by atoms with Crippen molar-refractivity contribution in [2.75, 3.05) is 19.7 Å². The standard InChI is InChI=1S/C12H19N3O3/c13-14-12(17)10-3-5-18-11(10)7-15-4-1-2-9(6-15)8-16/h3,5,9,16H,1-2,4,6-8,13H2,(H,14,17). The van der Waals surface area contributed by atoms with Crippen molar-refractivity contribution in [2.45, 2.75) is 19.4 Å². The van der Waals surface area contributed by atoms with Gasteiger partial charge in [-0.1, -0.05) is 0 Å². The Morgan fingerprint density at radius 3 is 3.22 bits per heavy atom. The molecule has 6 nitrogen and oxygen atoms in total.